The van der Waals surface area contributed by atoms with E-state index in [1.165, 1.54) is 4.68 Å². The molecule has 1 aromatic carbocycles. The Morgan fingerprint density at radius 3 is 2.42 bits per heavy atom. The number of nitrogens with zero attached hydrogens (tertiary/aromatic N) is 4. The SMILES string of the molecule is B=C(O)N1CCN(c2cnn(-c3ccc(C)cc3)c(=O)c2Cl)CC1. The van der Waals surface area contributed by atoms with E-state index in [9.17, 15) is 9.90 Å². The van der Waals surface area contributed by atoms with Crippen molar-refractivity contribution >= 4 is 30.5 Å². The fourth-order valence-electron chi connectivity index (χ4n) is 2.72. The molecule has 1 aliphatic heterocycles. The summed E-state index contributed by atoms with van der Waals surface area (Å²) >= 11 is 6.32. The molecular formula is C16H18BClN4O2. The number of hydrogen-bond acceptors (Lipinski definition) is 5. The Kier molecular flexibility index (Phi) is 4.62. The number of benzene rings is 1. The number of aliphatic hydroxyl groups is 1. The van der Waals surface area contributed by atoms with E-state index in [2.05, 4.69) is 12.6 Å². The molecule has 0 atom stereocenters. The summed E-state index contributed by atoms with van der Waals surface area (Å²) in [5.74, 6) is 0.0636. The average molecular weight is 345 g/mol. The van der Waals surface area contributed by atoms with Crippen LogP contribution in [0, 0.1) is 6.92 Å². The minimum absolute atomic E-state index is 0.0636. The van der Waals surface area contributed by atoms with Crippen LogP contribution >= 0.6 is 11.6 Å². The maximum absolute atomic E-state index is 12.6. The summed E-state index contributed by atoms with van der Waals surface area (Å²) < 4.78 is 1.30. The molecule has 1 fully saturated rings. The van der Waals surface area contributed by atoms with Crippen molar-refractivity contribution in [1.29, 1.82) is 0 Å². The van der Waals surface area contributed by atoms with E-state index in [1.807, 2.05) is 36.1 Å². The van der Waals surface area contributed by atoms with Crippen molar-refractivity contribution in [2.75, 3.05) is 31.1 Å². The molecule has 0 radical (unpaired) electrons. The van der Waals surface area contributed by atoms with Gasteiger partial charge in [-0.25, -0.2) is 0 Å². The molecule has 1 aliphatic rings. The molecule has 0 spiro atoms. The molecule has 2 aromatic rings. The molecule has 3 rings (SSSR count). The van der Waals surface area contributed by atoms with Crippen molar-refractivity contribution in [2.45, 2.75) is 6.92 Å². The van der Waals surface area contributed by atoms with Gasteiger partial charge in [0.1, 0.15) is 0 Å². The Morgan fingerprint density at radius 1 is 1.21 bits per heavy atom. The number of hydrogen-bond donors (Lipinski definition) is 1. The van der Waals surface area contributed by atoms with Gasteiger partial charge in [-0.1, -0.05) is 5.56 Å². The van der Waals surface area contributed by atoms with Crippen LogP contribution in [0.3, 0.4) is 0 Å². The van der Waals surface area contributed by atoms with Crippen LogP contribution in [0.1, 0.15) is 5.56 Å². The third kappa shape index (κ3) is 3.17. The number of halogens is 1. The zero-order chi connectivity index (χ0) is 17.3. The molecule has 0 saturated carbocycles. The van der Waals surface area contributed by atoms with Crippen LogP contribution < -0.4 is 10.5 Å². The predicted octanol–water partition coefficient (Wildman–Crippen LogP) is 0.677. The van der Waals surface area contributed by atoms with Crippen molar-refractivity contribution in [3.8, 4) is 5.69 Å². The standard InChI is InChI=1S/C16H18BClN4O2/c1-11-2-4-12(5-3-11)22-15(23)14(18)13(10-19-22)20-6-8-21(9-7-20)16(17)24/h2-5,10,17,24H,6-9H2,1H3. The van der Waals surface area contributed by atoms with E-state index in [4.69, 9.17) is 11.6 Å². The van der Waals surface area contributed by atoms with Crippen molar-refractivity contribution in [3.05, 3.63) is 51.4 Å². The topological polar surface area (TPSA) is 61.6 Å². The zero-order valence-corrected chi connectivity index (χ0v) is 14.2. The quantitative estimate of drug-likeness (QED) is 0.830. The fourth-order valence-corrected chi connectivity index (χ4v) is 2.97. The van der Waals surface area contributed by atoms with Gasteiger partial charge in [0.05, 0.1) is 0 Å². The van der Waals surface area contributed by atoms with Crippen LogP contribution in [0.15, 0.2) is 35.3 Å². The molecule has 0 amide bonds. The second-order valence-corrected chi connectivity index (χ2v) is 6.16. The van der Waals surface area contributed by atoms with E-state index in [-0.39, 0.29) is 16.4 Å². The summed E-state index contributed by atoms with van der Waals surface area (Å²) in [5, 5.41) is 13.9. The molecule has 1 N–H and O–H groups in total. The van der Waals surface area contributed by atoms with Gasteiger partial charge < -0.3 is 0 Å². The number of aliphatic hydroxyl groups excluding tert-OH is 1. The number of aryl methyl sites for hydroxylation is 1. The molecule has 1 saturated heterocycles. The van der Waals surface area contributed by atoms with Crippen LogP contribution in [-0.4, -0.2) is 59.2 Å². The summed E-state index contributed by atoms with van der Waals surface area (Å²) in [6, 6.07) is 7.52. The van der Waals surface area contributed by atoms with E-state index in [0.29, 0.717) is 37.6 Å². The van der Waals surface area contributed by atoms with E-state index < -0.39 is 0 Å². The van der Waals surface area contributed by atoms with Crippen molar-refractivity contribution in [3.63, 3.8) is 0 Å². The Bertz CT molecular complexity index is 814. The molecule has 24 heavy (non-hydrogen) atoms. The first-order chi connectivity index (χ1) is 11.5. The summed E-state index contributed by atoms with van der Waals surface area (Å²) in [7, 11) is 3.53. The minimum atomic E-state index is -0.341. The summed E-state index contributed by atoms with van der Waals surface area (Å²) in [5.41, 5.74) is 2.07. The molecular weight excluding hydrogens is 326 g/mol. The third-order valence-corrected chi connectivity index (χ3v) is 4.52. The van der Waals surface area contributed by atoms with Crippen molar-refractivity contribution in [2.24, 2.45) is 0 Å². The average Bonchev–Trinajstić information content (AvgIpc) is 2.58. The Hall–Kier alpha value is -2.28. The van der Waals surface area contributed by atoms with Gasteiger partial charge in [-0.15, -0.1) is 0 Å². The molecule has 2 heterocycles. The molecule has 124 valence electrons. The van der Waals surface area contributed by atoms with Gasteiger partial charge in [-0.3, -0.25) is 0 Å². The van der Waals surface area contributed by atoms with Gasteiger partial charge in [0.2, 0.25) is 0 Å². The van der Waals surface area contributed by atoms with Crippen molar-refractivity contribution in [1.82, 2.24) is 14.7 Å². The number of anilines is 1. The molecule has 0 bridgehead atoms. The predicted molar refractivity (Wildman–Crippen MR) is 97.5 cm³/mol. The maximum atomic E-state index is 12.6. The Labute approximate surface area is 146 Å². The van der Waals surface area contributed by atoms with Crippen molar-refractivity contribution < 1.29 is 5.11 Å². The molecule has 8 heteroatoms. The normalized spacial score (nSPS) is 14.7. The van der Waals surface area contributed by atoms with Gasteiger partial charge in [-0.2, -0.15) is 0 Å². The summed E-state index contributed by atoms with van der Waals surface area (Å²) in [6.45, 7) is 4.49. The van der Waals surface area contributed by atoms with Crippen LogP contribution in [0.25, 0.3) is 5.69 Å². The molecule has 0 unspecified atom stereocenters. The molecule has 0 aliphatic carbocycles. The van der Waals surface area contributed by atoms with Crippen LogP contribution in [0.2, 0.25) is 5.02 Å². The number of aromatic nitrogens is 2. The van der Waals surface area contributed by atoms with Gasteiger partial charge in [-0.05, 0) is 6.92 Å². The monoisotopic (exact) mass is 344 g/mol. The first-order valence-electron chi connectivity index (χ1n) is 7.70. The van der Waals surface area contributed by atoms with Gasteiger partial charge in [0.25, 0.3) is 0 Å². The van der Waals surface area contributed by atoms with E-state index >= 15 is 0 Å². The van der Waals surface area contributed by atoms with Gasteiger partial charge in [0.15, 0.2) is 0 Å². The van der Waals surface area contributed by atoms with Crippen LogP contribution in [0.4, 0.5) is 5.69 Å². The first-order valence-corrected chi connectivity index (χ1v) is 8.08. The van der Waals surface area contributed by atoms with E-state index in [1.54, 1.807) is 11.1 Å². The Morgan fingerprint density at radius 2 is 1.83 bits per heavy atom. The third-order valence-electron chi connectivity index (χ3n) is 4.16. The second kappa shape index (κ2) is 6.69. The molecule has 1 aromatic heterocycles. The number of rotatable bonds is 3. The van der Waals surface area contributed by atoms with Gasteiger partial charge in [0, 0.05) is 0 Å². The van der Waals surface area contributed by atoms with Crippen LogP contribution in [0.5, 0.6) is 0 Å². The summed E-state index contributed by atoms with van der Waals surface area (Å²) in [4.78, 5) is 16.3. The van der Waals surface area contributed by atoms with E-state index in [0.717, 1.165) is 5.56 Å². The van der Waals surface area contributed by atoms with Gasteiger partial charge >= 0.3 is 133 Å². The number of piperazine rings is 1. The summed E-state index contributed by atoms with van der Waals surface area (Å²) in [6.07, 6.45) is 1.62. The molecule has 6 nitrogen and oxygen atoms in total. The second-order valence-electron chi connectivity index (χ2n) is 5.79. The fraction of sp³-hybridized carbons (Fsp3) is 0.312. The first kappa shape index (κ1) is 16.6. The zero-order valence-electron chi connectivity index (χ0n) is 13.4. The van der Waals surface area contributed by atoms with Crippen LogP contribution in [-0.2, 0) is 0 Å². The Balaban J connectivity index is 1.87.